The van der Waals surface area contributed by atoms with Gasteiger partial charge in [-0.15, -0.1) is 0 Å². The van der Waals surface area contributed by atoms with E-state index in [0.717, 1.165) is 30.5 Å². The van der Waals surface area contributed by atoms with Crippen LogP contribution in [0.5, 0.6) is 0 Å². The van der Waals surface area contributed by atoms with Gasteiger partial charge in [0, 0.05) is 49.3 Å². The van der Waals surface area contributed by atoms with Gasteiger partial charge in [-0.2, -0.15) is 0 Å². The minimum Gasteiger partial charge on any atom is -0.335 e. The lowest BCUT2D eigenvalue weighted by molar-refractivity contribution is 0.148. The van der Waals surface area contributed by atoms with Crippen molar-refractivity contribution in [1.29, 1.82) is 0 Å². The van der Waals surface area contributed by atoms with E-state index < -0.39 is 0 Å². The summed E-state index contributed by atoms with van der Waals surface area (Å²) in [6, 6.07) is 10.2. The van der Waals surface area contributed by atoms with Crippen molar-refractivity contribution in [3.8, 4) is 0 Å². The zero-order valence-corrected chi connectivity index (χ0v) is 15.5. The largest absolute Gasteiger partial charge is 0.335 e. The van der Waals surface area contributed by atoms with Gasteiger partial charge in [0.2, 0.25) is 0 Å². The van der Waals surface area contributed by atoms with Crippen LogP contribution in [0.3, 0.4) is 0 Å². The summed E-state index contributed by atoms with van der Waals surface area (Å²) in [7, 11) is 0. The highest BCUT2D eigenvalue weighted by Gasteiger charge is 2.26. The molecular weight excluding hydrogens is 324 g/mol. The zero-order valence-electron chi connectivity index (χ0n) is 15.5. The second-order valence-corrected chi connectivity index (χ2v) is 7.15. The predicted molar refractivity (Wildman–Crippen MR) is 103 cm³/mol. The summed E-state index contributed by atoms with van der Waals surface area (Å²) >= 11 is 0. The molecule has 1 saturated carbocycles. The number of urea groups is 1. The highest BCUT2D eigenvalue weighted by molar-refractivity contribution is 5.75. The first-order chi connectivity index (χ1) is 12.7. The number of aromatic nitrogens is 2. The second kappa shape index (κ2) is 9.32. The number of pyridine rings is 2. The predicted octanol–water partition coefficient (Wildman–Crippen LogP) is 3.95. The zero-order chi connectivity index (χ0) is 18.2. The van der Waals surface area contributed by atoms with Crippen LogP contribution >= 0.6 is 0 Å². The van der Waals surface area contributed by atoms with E-state index in [1.165, 1.54) is 19.3 Å². The Balaban J connectivity index is 1.65. The number of hydrogen-bond donors (Lipinski definition) is 1. The molecule has 2 heterocycles. The average molecular weight is 352 g/mol. The normalized spacial score (nSPS) is 16.0. The van der Waals surface area contributed by atoms with E-state index in [1.54, 1.807) is 18.6 Å². The molecule has 2 amide bonds. The van der Waals surface area contributed by atoms with Gasteiger partial charge in [-0.1, -0.05) is 25.3 Å². The molecule has 2 aromatic rings. The Morgan fingerprint density at radius 1 is 1.15 bits per heavy atom. The fourth-order valence-electron chi connectivity index (χ4n) is 3.62. The lowest BCUT2D eigenvalue weighted by Gasteiger charge is -2.35. The summed E-state index contributed by atoms with van der Waals surface area (Å²) in [4.78, 5) is 23.5. The van der Waals surface area contributed by atoms with E-state index in [9.17, 15) is 4.79 Å². The van der Waals surface area contributed by atoms with E-state index in [2.05, 4.69) is 15.3 Å². The van der Waals surface area contributed by atoms with E-state index in [0.29, 0.717) is 12.6 Å². The second-order valence-electron chi connectivity index (χ2n) is 7.15. The standard InChI is InChI=1S/C21H28N4O/c1-17(15-19-7-5-6-12-23-19)24-21(26)25(20-8-3-2-4-9-20)16-18-10-13-22-14-11-18/h5-7,10-14,17,20H,2-4,8-9,15-16H2,1H3,(H,24,26). The minimum atomic E-state index is 0.0251. The first kappa shape index (κ1) is 18.4. The highest BCUT2D eigenvalue weighted by Crippen LogP contribution is 2.24. The van der Waals surface area contributed by atoms with E-state index in [-0.39, 0.29) is 12.1 Å². The van der Waals surface area contributed by atoms with Crippen LogP contribution < -0.4 is 5.32 Å². The summed E-state index contributed by atoms with van der Waals surface area (Å²) in [5, 5.41) is 3.18. The van der Waals surface area contributed by atoms with Gasteiger partial charge in [-0.25, -0.2) is 4.79 Å². The SMILES string of the molecule is CC(Cc1ccccn1)NC(=O)N(Cc1ccncc1)C1CCCCC1. The molecule has 0 radical (unpaired) electrons. The summed E-state index contributed by atoms with van der Waals surface area (Å²) in [5.41, 5.74) is 2.12. The Kier molecular flexibility index (Phi) is 6.58. The number of amides is 2. The number of carbonyl (C=O) groups is 1. The van der Waals surface area contributed by atoms with Gasteiger partial charge in [-0.05, 0) is 49.6 Å². The van der Waals surface area contributed by atoms with Crippen LogP contribution in [0.2, 0.25) is 0 Å². The first-order valence-electron chi connectivity index (χ1n) is 9.58. The number of rotatable bonds is 6. The lowest BCUT2D eigenvalue weighted by atomic mass is 9.94. The quantitative estimate of drug-likeness (QED) is 0.856. The molecule has 1 N–H and O–H groups in total. The lowest BCUT2D eigenvalue weighted by Crippen LogP contribution is -2.49. The van der Waals surface area contributed by atoms with Crippen molar-refractivity contribution in [2.24, 2.45) is 0 Å². The van der Waals surface area contributed by atoms with Gasteiger partial charge in [0.05, 0.1) is 0 Å². The Morgan fingerprint density at radius 2 is 1.92 bits per heavy atom. The molecule has 1 unspecified atom stereocenters. The van der Waals surface area contributed by atoms with Gasteiger partial charge in [0.15, 0.2) is 0 Å². The molecule has 0 spiro atoms. The molecular formula is C21H28N4O. The van der Waals surface area contributed by atoms with Crippen LogP contribution in [0.1, 0.15) is 50.3 Å². The fourth-order valence-corrected chi connectivity index (χ4v) is 3.62. The minimum absolute atomic E-state index is 0.0251. The van der Waals surface area contributed by atoms with Crippen molar-refractivity contribution in [3.05, 3.63) is 60.2 Å². The van der Waals surface area contributed by atoms with Crippen molar-refractivity contribution in [2.75, 3.05) is 0 Å². The van der Waals surface area contributed by atoms with Crippen molar-refractivity contribution < 1.29 is 4.79 Å². The van der Waals surface area contributed by atoms with Crippen molar-refractivity contribution in [3.63, 3.8) is 0 Å². The van der Waals surface area contributed by atoms with Crippen molar-refractivity contribution >= 4 is 6.03 Å². The van der Waals surface area contributed by atoms with E-state index in [1.807, 2.05) is 42.2 Å². The topological polar surface area (TPSA) is 58.1 Å². The van der Waals surface area contributed by atoms with Gasteiger partial charge >= 0.3 is 6.03 Å². The summed E-state index contributed by atoms with van der Waals surface area (Å²) < 4.78 is 0. The Labute approximate surface area is 155 Å². The van der Waals surface area contributed by atoms with Gasteiger partial charge in [0.1, 0.15) is 0 Å². The molecule has 1 atom stereocenters. The number of hydrogen-bond acceptors (Lipinski definition) is 3. The molecule has 1 fully saturated rings. The number of carbonyl (C=O) groups excluding carboxylic acids is 1. The maximum absolute atomic E-state index is 13.0. The third-order valence-electron chi connectivity index (χ3n) is 4.99. The molecule has 0 bridgehead atoms. The van der Waals surface area contributed by atoms with Crippen LogP contribution in [0.25, 0.3) is 0 Å². The van der Waals surface area contributed by atoms with E-state index >= 15 is 0 Å². The van der Waals surface area contributed by atoms with Crippen molar-refractivity contribution in [2.45, 2.75) is 64.1 Å². The molecule has 5 nitrogen and oxygen atoms in total. The van der Waals surface area contributed by atoms with Gasteiger partial charge in [-0.3, -0.25) is 9.97 Å². The van der Waals surface area contributed by atoms with Crippen LogP contribution in [-0.2, 0) is 13.0 Å². The molecule has 1 aliphatic carbocycles. The maximum Gasteiger partial charge on any atom is 0.318 e. The molecule has 26 heavy (non-hydrogen) atoms. The third-order valence-corrected chi connectivity index (χ3v) is 4.99. The fraction of sp³-hybridized carbons (Fsp3) is 0.476. The Morgan fingerprint density at radius 3 is 2.62 bits per heavy atom. The molecule has 1 aliphatic rings. The molecule has 0 aromatic carbocycles. The highest BCUT2D eigenvalue weighted by atomic mass is 16.2. The van der Waals surface area contributed by atoms with Crippen LogP contribution in [0.15, 0.2) is 48.9 Å². The van der Waals surface area contributed by atoms with Crippen LogP contribution in [-0.4, -0.2) is 33.0 Å². The first-order valence-corrected chi connectivity index (χ1v) is 9.58. The monoisotopic (exact) mass is 352 g/mol. The maximum atomic E-state index is 13.0. The summed E-state index contributed by atoms with van der Waals surface area (Å²) in [6.07, 6.45) is 12.0. The molecule has 138 valence electrons. The summed E-state index contributed by atoms with van der Waals surface area (Å²) in [6.45, 7) is 2.67. The number of nitrogens with one attached hydrogen (secondary N) is 1. The molecule has 0 aliphatic heterocycles. The molecule has 3 rings (SSSR count). The molecule has 5 heteroatoms. The van der Waals surface area contributed by atoms with Crippen LogP contribution in [0, 0.1) is 0 Å². The van der Waals surface area contributed by atoms with E-state index in [4.69, 9.17) is 0 Å². The smallest absolute Gasteiger partial charge is 0.318 e. The summed E-state index contributed by atoms with van der Waals surface area (Å²) in [5.74, 6) is 0. The number of nitrogens with zero attached hydrogens (tertiary/aromatic N) is 3. The van der Waals surface area contributed by atoms with Gasteiger partial charge in [0.25, 0.3) is 0 Å². The van der Waals surface area contributed by atoms with Crippen molar-refractivity contribution in [1.82, 2.24) is 20.2 Å². The van der Waals surface area contributed by atoms with Crippen LogP contribution in [0.4, 0.5) is 4.79 Å². The molecule has 0 saturated heterocycles. The Hall–Kier alpha value is -2.43. The average Bonchev–Trinajstić information content (AvgIpc) is 2.68. The van der Waals surface area contributed by atoms with Gasteiger partial charge < -0.3 is 10.2 Å². The Bertz CT molecular complexity index is 671. The third kappa shape index (κ3) is 5.28. The molecule has 2 aromatic heterocycles.